The van der Waals surface area contributed by atoms with E-state index >= 15 is 0 Å². The maximum Gasteiger partial charge on any atom is 0.336 e. The molecule has 0 fully saturated rings. The molecule has 0 aromatic carbocycles. The largest absolute Gasteiger partial charge is 0.478 e. The van der Waals surface area contributed by atoms with E-state index in [0.29, 0.717) is 0 Å². The van der Waals surface area contributed by atoms with Crippen LogP contribution in [0, 0.1) is 0 Å². The molecule has 0 aromatic rings. The highest BCUT2D eigenvalue weighted by atomic mass is 31.2. The molecule has 0 aliphatic rings. The van der Waals surface area contributed by atoms with Gasteiger partial charge in [-0.15, -0.1) is 19.7 Å². The van der Waals surface area contributed by atoms with E-state index in [9.17, 15) is 24.3 Å². The first-order chi connectivity index (χ1) is 9.17. The van der Waals surface area contributed by atoms with Gasteiger partial charge in [0.05, 0.1) is 0 Å². The Morgan fingerprint density at radius 1 is 1.15 bits per heavy atom. The summed E-state index contributed by atoms with van der Waals surface area (Å²) in [5.41, 5.74) is 0.0741. The Balaban J connectivity index is 6.34. The quantitative estimate of drug-likeness (QED) is 0.345. The fourth-order valence-electron chi connectivity index (χ4n) is 2.15. The van der Waals surface area contributed by atoms with E-state index in [0.717, 1.165) is 0 Å². The molecule has 0 aliphatic heterocycles. The summed E-state index contributed by atoms with van der Waals surface area (Å²) in [6.45, 7) is 11.9. The van der Waals surface area contributed by atoms with Crippen molar-refractivity contribution in [3.63, 3.8) is 0 Å². The lowest BCUT2D eigenvalue weighted by Crippen LogP contribution is -2.31. The van der Waals surface area contributed by atoms with E-state index in [4.69, 9.17) is 0 Å². The molecule has 0 unspecified atom stereocenters. The van der Waals surface area contributed by atoms with Crippen LogP contribution in [0.3, 0.4) is 0 Å². The molecule has 0 saturated heterocycles. The Morgan fingerprint density at radius 3 is 1.85 bits per heavy atom. The molecular formula is C14H21O5P. The van der Waals surface area contributed by atoms with Crippen molar-refractivity contribution in [1.82, 2.24) is 0 Å². The zero-order valence-electron chi connectivity index (χ0n) is 11.6. The van der Waals surface area contributed by atoms with Crippen molar-refractivity contribution in [2.24, 2.45) is 0 Å². The third-order valence-corrected chi connectivity index (χ3v) is 5.09. The molecule has 6 heteroatoms. The van der Waals surface area contributed by atoms with Crippen molar-refractivity contribution in [3.8, 4) is 0 Å². The molecule has 0 saturated carbocycles. The monoisotopic (exact) mass is 300 g/mol. The Labute approximate surface area is 119 Å². The summed E-state index contributed by atoms with van der Waals surface area (Å²) in [6.07, 6.45) is 4.08. The highest BCUT2D eigenvalue weighted by Gasteiger charge is 2.47. The third-order valence-electron chi connectivity index (χ3n) is 3.28. The summed E-state index contributed by atoms with van der Waals surface area (Å²) in [5.74, 6) is -1.21. The number of carbonyl (C=O) groups is 1. The first-order valence-electron chi connectivity index (χ1n) is 5.99. The molecule has 112 valence electrons. The topological polar surface area (TPSA) is 94.8 Å². The molecule has 0 aromatic heterocycles. The summed E-state index contributed by atoms with van der Waals surface area (Å²) in [5, 5.41) is 7.61. The van der Waals surface area contributed by atoms with Crippen molar-refractivity contribution in [2.75, 3.05) is 0 Å². The lowest BCUT2D eigenvalue weighted by molar-refractivity contribution is -0.132. The SMILES string of the molecule is C=CCC(C(=O)O)=C(C)C(CC=C)(CC=C)P(=O)(O)O. The minimum absolute atomic E-state index is 0.0250. The molecule has 0 atom stereocenters. The highest BCUT2D eigenvalue weighted by molar-refractivity contribution is 7.54. The maximum atomic E-state index is 12.0. The summed E-state index contributed by atoms with van der Waals surface area (Å²) in [7, 11) is -4.61. The Kier molecular flexibility index (Phi) is 6.86. The van der Waals surface area contributed by atoms with Crippen molar-refractivity contribution in [3.05, 3.63) is 49.1 Å². The van der Waals surface area contributed by atoms with Crippen LogP contribution in [0.25, 0.3) is 0 Å². The first kappa shape index (κ1) is 18.6. The molecule has 5 nitrogen and oxygen atoms in total. The summed E-state index contributed by atoms with van der Waals surface area (Å²) < 4.78 is 12.0. The van der Waals surface area contributed by atoms with E-state index in [1.807, 2.05) is 0 Å². The number of aliphatic carboxylic acids is 1. The van der Waals surface area contributed by atoms with E-state index in [1.165, 1.54) is 25.2 Å². The highest BCUT2D eigenvalue weighted by Crippen LogP contribution is 2.59. The van der Waals surface area contributed by atoms with E-state index in [-0.39, 0.29) is 30.4 Å². The van der Waals surface area contributed by atoms with E-state index in [2.05, 4.69) is 19.7 Å². The standard InChI is InChI=1S/C14H21O5P/c1-5-8-12(13(15)16)11(4)14(9-6-2,10-7-3)20(17,18)19/h5-7H,1-3,8-10H2,4H3,(H,15,16)(H2,17,18,19). The molecule has 0 spiro atoms. The summed E-state index contributed by atoms with van der Waals surface area (Å²) in [6, 6.07) is 0. The molecule has 0 radical (unpaired) electrons. The first-order valence-corrected chi connectivity index (χ1v) is 7.61. The van der Waals surface area contributed by atoms with Gasteiger partial charge in [-0.05, 0) is 31.8 Å². The normalized spacial score (nSPS) is 13.3. The van der Waals surface area contributed by atoms with Crippen LogP contribution in [0.4, 0.5) is 0 Å². The zero-order chi connectivity index (χ0) is 16.0. The van der Waals surface area contributed by atoms with Gasteiger partial charge in [-0.1, -0.05) is 18.2 Å². The second kappa shape index (κ2) is 7.39. The molecule has 0 heterocycles. The minimum Gasteiger partial charge on any atom is -0.478 e. The Bertz CT molecular complexity index is 474. The Morgan fingerprint density at radius 2 is 1.60 bits per heavy atom. The lowest BCUT2D eigenvalue weighted by Gasteiger charge is -2.34. The second-order valence-electron chi connectivity index (χ2n) is 4.46. The van der Waals surface area contributed by atoms with Crippen LogP contribution in [0.15, 0.2) is 49.1 Å². The van der Waals surface area contributed by atoms with Gasteiger partial charge in [0.1, 0.15) is 5.16 Å². The maximum absolute atomic E-state index is 12.0. The number of hydrogen-bond acceptors (Lipinski definition) is 2. The van der Waals surface area contributed by atoms with Crippen molar-refractivity contribution in [2.45, 2.75) is 31.3 Å². The van der Waals surface area contributed by atoms with Gasteiger partial charge in [0.2, 0.25) is 0 Å². The fourth-order valence-corrected chi connectivity index (χ4v) is 3.46. The molecule has 20 heavy (non-hydrogen) atoms. The predicted octanol–water partition coefficient (Wildman–Crippen LogP) is 3.03. The average Bonchev–Trinajstić information content (AvgIpc) is 2.32. The number of rotatable bonds is 9. The molecule has 0 aliphatic carbocycles. The molecule has 0 rings (SSSR count). The second-order valence-corrected chi connectivity index (χ2v) is 6.41. The smallest absolute Gasteiger partial charge is 0.336 e. The lowest BCUT2D eigenvalue weighted by atomic mass is 9.87. The molecule has 0 amide bonds. The fraction of sp³-hybridized carbons (Fsp3) is 0.357. The van der Waals surface area contributed by atoms with Crippen LogP contribution in [0.5, 0.6) is 0 Å². The summed E-state index contributed by atoms with van der Waals surface area (Å²) >= 11 is 0. The number of carboxylic acid groups (broad SMARTS) is 1. The van der Waals surface area contributed by atoms with Crippen LogP contribution in [0.2, 0.25) is 0 Å². The van der Waals surface area contributed by atoms with E-state index < -0.39 is 18.7 Å². The summed E-state index contributed by atoms with van der Waals surface area (Å²) in [4.78, 5) is 30.7. The minimum atomic E-state index is -4.61. The Hall–Kier alpha value is -1.42. The van der Waals surface area contributed by atoms with Gasteiger partial charge in [0.15, 0.2) is 0 Å². The third kappa shape index (κ3) is 3.79. The van der Waals surface area contributed by atoms with Crippen molar-refractivity contribution >= 4 is 13.6 Å². The predicted molar refractivity (Wildman–Crippen MR) is 79.6 cm³/mol. The van der Waals surface area contributed by atoms with E-state index in [1.54, 1.807) is 0 Å². The van der Waals surface area contributed by atoms with Gasteiger partial charge in [-0.25, -0.2) is 4.79 Å². The molecule has 3 N–H and O–H groups in total. The molecule has 0 bridgehead atoms. The van der Waals surface area contributed by atoms with Crippen molar-refractivity contribution in [1.29, 1.82) is 0 Å². The van der Waals surface area contributed by atoms with Gasteiger partial charge < -0.3 is 14.9 Å². The van der Waals surface area contributed by atoms with Crippen LogP contribution in [-0.4, -0.2) is 26.0 Å². The zero-order valence-corrected chi connectivity index (χ0v) is 12.5. The number of allylic oxidation sites excluding steroid dienone is 4. The van der Waals surface area contributed by atoms with Gasteiger partial charge >= 0.3 is 13.6 Å². The van der Waals surface area contributed by atoms with Gasteiger partial charge in [-0.3, -0.25) is 4.57 Å². The van der Waals surface area contributed by atoms with Gasteiger partial charge in [0.25, 0.3) is 0 Å². The van der Waals surface area contributed by atoms with Crippen LogP contribution < -0.4 is 0 Å². The number of hydrogen-bond donors (Lipinski definition) is 3. The van der Waals surface area contributed by atoms with Crippen molar-refractivity contribution < 1.29 is 24.3 Å². The van der Waals surface area contributed by atoms with Gasteiger partial charge in [-0.2, -0.15) is 0 Å². The van der Waals surface area contributed by atoms with Crippen LogP contribution >= 0.6 is 7.60 Å². The average molecular weight is 300 g/mol. The van der Waals surface area contributed by atoms with Crippen LogP contribution in [0.1, 0.15) is 26.2 Å². The van der Waals surface area contributed by atoms with Gasteiger partial charge in [0, 0.05) is 5.57 Å². The molecular weight excluding hydrogens is 279 g/mol. The van der Waals surface area contributed by atoms with Crippen LogP contribution in [-0.2, 0) is 9.36 Å². The number of carboxylic acids is 1.